The highest BCUT2D eigenvalue weighted by molar-refractivity contribution is 5.94. The monoisotopic (exact) mass is 311 g/mol. The molecule has 0 aromatic heterocycles. The molecule has 0 atom stereocenters. The summed E-state index contributed by atoms with van der Waals surface area (Å²) in [5.41, 5.74) is -0.380. The van der Waals surface area contributed by atoms with Crippen molar-refractivity contribution in [2.45, 2.75) is 19.0 Å². The molecule has 0 aliphatic carbocycles. The third-order valence-corrected chi connectivity index (χ3v) is 3.26. The molecule has 0 bridgehead atoms. The molecule has 1 aromatic carbocycles. The SMILES string of the molecule is CN1CCC/C1=N/C(=O)N/C=C/c1cccc(C(F)(F)F)c1. The summed E-state index contributed by atoms with van der Waals surface area (Å²) < 4.78 is 37.7. The minimum absolute atomic E-state index is 0.348. The molecular formula is C15H16F3N3O. The van der Waals surface area contributed by atoms with E-state index in [1.54, 1.807) is 0 Å². The lowest BCUT2D eigenvalue weighted by Crippen LogP contribution is -2.23. The molecule has 1 aliphatic rings. The molecule has 118 valence electrons. The van der Waals surface area contributed by atoms with E-state index in [1.807, 2.05) is 11.9 Å². The molecule has 1 saturated heterocycles. The van der Waals surface area contributed by atoms with Crippen molar-refractivity contribution in [1.82, 2.24) is 10.2 Å². The lowest BCUT2D eigenvalue weighted by Gasteiger charge is -2.09. The first-order chi connectivity index (χ1) is 10.4. The van der Waals surface area contributed by atoms with Crippen LogP contribution < -0.4 is 5.32 Å². The quantitative estimate of drug-likeness (QED) is 0.908. The number of amides is 2. The third-order valence-electron chi connectivity index (χ3n) is 3.26. The van der Waals surface area contributed by atoms with Crippen molar-refractivity contribution in [2.24, 2.45) is 4.99 Å². The molecule has 1 aromatic rings. The Morgan fingerprint density at radius 1 is 1.41 bits per heavy atom. The standard InChI is InChI=1S/C15H16F3N3O/c1-21-9-3-6-13(21)20-14(22)19-8-7-11-4-2-5-12(10-11)15(16,17)18/h2,4-5,7-8,10H,3,6,9H2,1H3,(H,19,22)/b8-7+,20-13-. The van der Waals surface area contributed by atoms with Gasteiger partial charge in [0.15, 0.2) is 0 Å². The van der Waals surface area contributed by atoms with Crippen LogP contribution in [0.4, 0.5) is 18.0 Å². The van der Waals surface area contributed by atoms with Gasteiger partial charge in [0.1, 0.15) is 5.84 Å². The Hall–Kier alpha value is -2.31. The number of aliphatic imine (C=N–C) groups is 1. The smallest absolute Gasteiger partial charge is 0.363 e. The predicted molar refractivity (Wildman–Crippen MR) is 78.3 cm³/mol. The second-order valence-electron chi connectivity index (χ2n) is 4.96. The zero-order valence-electron chi connectivity index (χ0n) is 12.0. The van der Waals surface area contributed by atoms with Crippen LogP contribution in [0.5, 0.6) is 0 Å². The van der Waals surface area contributed by atoms with Crippen molar-refractivity contribution >= 4 is 17.9 Å². The summed E-state index contributed by atoms with van der Waals surface area (Å²) in [6, 6.07) is 4.32. The first-order valence-electron chi connectivity index (χ1n) is 6.79. The van der Waals surface area contributed by atoms with E-state index in [0.29, 0.717) is 11.4 Å². The molecule has 22 heavy (non-hydrogen) atoms. The van der Waals surface area contributed by atoms with E-state index < -0.39 is 17.8 Å². The molecule has 4 nitrogen and oxygen atoms in total. The van der Waals surface area contributed by atoms with Crippen molar-refractivity contribution in [3.8, 4) is 0 Å². The van der Waals surface area contributed by atoms with E-state index in [2.05, 4.69) is 10.3 Å². The van der Waals surface area contributed by atoms with Gasteiger partial charge in [0.05, 0.1) is 5.56 Å². The number of urea groups is 1. The Morgan fingerprint density at radius 2 is 2.18 bits per heavy atom. The lowest BCUT2D eigenvalue weighted by molar-refractivity contribution is -0.137. The molecule has 2 amide bonds. The van der Waals surface area contributed by atoms with Gasteiger partial charge < -0.3 is 10.2 Å². The largest absolute Gasteiger partial charge is 0.416 e. The number of likely N-dealkylation sites (tertiary alicyclic amines) is 1. The van der Waals surface area contributed by atoms with Gasteiger partial charge in [0, 0.05) is 26.2 Å². The summed E-state index contributed by atoms with van der Waals surface area (Å²) in [5.74, 6) is 0.713. The maximum absolute atomic E-state index is 12.6. The van der Waals surface area contributed by atoms with Gasteiger partial charge in [-0.3, -0.25) is 0 Å². The topological polar surface area (TPSA) is 44.7 Å². The van der Waals surface area contributed by atoms with E-state index in [-0.39, 0.29) is 0 Å². The van der Waals surface area contributed by atoms with Crippen LogP contribution in [0, 0.1) is 0 Å². The van der Waals surface area contributed by atoms with Gasteiger partial charge in [-0.2, -0.15) is 18.2 Å². The number of alkyl halides is 3. The van der Waals surface area contributed by atoms with Crippen LogP contribution in [0.1, 0.15) is 24.0 Å². The van der Waals surface area contributed by atoms with E-state index in [0.717, 1.165) is 31.5 Å². The average molecular weight is 311 g/mol. The maximum Gasteiger partial charge on any atom is 0.416 e. The molecule has 1 heterocycles. The summed E-state index contributed by atoms with van der Waals surface area (Å²) >= 11 is 0. The molecule has 1 N–H and O–H groups in total. The molecule has 0 spiro atoms. The minimum atomic E-state index is -4.38. The zero-order chi connectivity index (χ0) is 16.2. The van der Waals surface area contributed by atoms with Crippen molar-refractivity contribution in [2.75, 3.05) is 13.6 Å². The van der Waals surface area contributed by atoms with Gasteiger partial charge >= 0.3 is 12.2 Å². The normalized spacial score (nSPS) is 17.5. The van der Waals surface area contributed by atoms with Crippen LogP contribution in [0.25, 0.3) is 6.08 Å². The summed E-state index contributed by atoms with van der Waals surface area (Å²) in [5, 5.41) is 2.42. The van der Waals surface area contributed by atoms with E-state index >= 15 is 0 Å². The number of rotatable bonds is 2. The molecule has 2 rings (SSSR count). The van der Waals surface area contributed by atoms with Gasteiger partial charge in [-0.05, 0) is 30.2 Å². The maximum atomic E-state index is 12.6. The van der Waals surface area contributed by atoms with E-state index in [4.69, 9.17) is 0 Å². The lowest BCUT2D eigenvalue weighted by atomic mass is 10.1. The fourth-order valence-electron chi connectivity index (χ4n) is 2.11. The van der Waals surface area contributed by atoms with Crippen LogP contribution in [-0.4, -0.2) is 30.4 Å². The van der Waals surface area contributed by atoms with Gasteiger partial charge in [-0.1, -0.05) is 12.1 Å². The number of hydrogen-bond acceptors (Lipinski definition) is 1. The first-order valence-corrected chi connectivity index (χ1v) is 6.79. The van der Waals surface area contributed by atoms with Crippen LogP contribution in [0.2, 0.25) is 0 Å². The minimum Gasteiger partial charge on any atom is -0.363 e. The Bertz CT molecular complexity index is 608. The van der Waals surface area contributed by atoms with Crippen molar-refractivity contribution in [3.63, 3.8) is 0 Å². The second kappa shape index (κ2) is 6.64. The number of nitrogens with one attached hydrogen (secondary N) is 1. The first kappa shape index (κ1) is 16.1. The van der Waals surface area contributed by atoms with Crippen LogP contribution in [-0.2, 0) is 6.18 Å². The van der Waals surface area contributed by atoms with Gasteiger partial charge in [0.25, 0.3) is 0 Å². The zero-order valence-corrected chi connectivity index (χ0v) is 12.0. The molecule has 7 heteroatoms. The van der Waals surface area contributed by atoms with Crippen molar-refractivity contribution < 1.29 is 18.0 Å². The number of amidine groups is 1. The van der Waals surface area contributed by atoms with Crippen molar-refractivity contribution in [1.29, 1.82) is 0 Å². The second-order valence-corrected chi connectivity index (χ2v) is 4.96. The number of hydrogen-bond donors (Lipinski definition) is 1. The number of halogens is 3. The van der Waals surface area contributed by atoms with Crippen LogP contribution in [0.3, 0.4) is 0 Å². The molecule has 1 aliphatic heterocycles. The number of carbonyl (C=O) groups excluding carboxylic acids is 1. The molecule has 0 saturated carbocycles. The highest BCUT2D eigenvalue weighted by Crippen LogP contribution is 2.29. The average Bonchev–Trinajstić information content (AvgIpc) is 2.84. The summed E-state index contributed by atoms with van der Waals surface area (Å²) in [4.78, 5) is 17.4. The molecular weight excluding hydrogens is 295 g/mol. The third kappa shape index (κ3) is 4.34. The fourth-order valence-corrected chi connectivity index (χ4v) is 2.11. The van der Waals surface area contributed by atoms with E-state index in [1.165, 1.54) is 24.4 Å². The van der Waals surface area contributed by atoms with Crippen LogP contribution in [0.15, 0.2) is 35.5 Å². The Balaban J connectivity index is 1.97. The number of nitrogens with zero attached hydrogens (tertiary/aromatic N) is 2. The molecule has 0 unspecified atom stereocenters. The Kier molecular flexibility index (Phi) is 4.85. The van der Waals surface area contributed by atoms with Crippen molar-refractivity contribution in [3.05, 3.63) is 41.6 Å². The van der Waals surface area contributed by atoms with Crippen LogP contribution >= 0.6 is 0 Å². The summed E-state index contributed by atoms with van der Waals surface area (Å²) in [6.45, 7) is 0.867. The summed E-state index contributed by atoms with van der Waals surface area (Å²) in [7, 11) is 1.86. The van der Waals surface area contributed by atoms with E-state index in [9.17, 15) is 18.0 Å². The highest BCUT2D eigenvalue weighted by atomic mass is 19.4. The van der Waals surface area contributed by atoms with Gasteiger partial charge in [0.2, 0.25) is 0 Å². The number of benzene rings is 1. The molecule has 1 fully saturated rings. The Morgan fingerprint density at radius 3 is 2.82 bits per heavy atom. The number of carbonyl (C=O) groups is 1. The fraction of sp³-hybridized carbons (Fsp3) is 0.333. The summed E-state index contributed by atoms with van der Waals surface area (Å²) in [6.07, 6.45) is 0.0125. The van der Waals surface area contributed by atoms with Gasteiger partial charge in [-0.25, -0.2) is 4.79 Å². The Labute approximate surface area is 126 Å². The predicted octanol–water partition coefficient (Wildman–Crippen LogP) is 3.51. The molecule has 0 radical (unpaired) electrons. The highest BCUT2D eigenvalue weighted by Gasteiger charge is 2.30. The van der Waals surface area contributed by atoms with Gasteiger partial charge in [-0.15, -0.1) is 0 Å².